The average Bonchev–Trinajstić information content (AvgIpc) is 2.27. The molecule has 0 radical (unpaired) electrons. The number of anilines is 2. The van der Waals surface area contributed by atoms with Gasteiger partial charge in [0.15, 0.2) is 5.82 Å². The SMILES string of the molecule is COCc1nc(N)cc(N2CCOCC2(C)C)n1. The Hall–Kier alpha value is -1.40. The van der Waals surface area contributed by atoms with Crippen molar-refractivity contribution in [2.24, 2.45) is 0 Å². The smallest absolute Gasteiger partial charge is 0.158 e. The molecule has 0 unspecified atom stereocenters. The van der Waals surface area contributed by atoms with Gasteiger partial charge >= 0.3 is 0 Å². The zero-order valence-corrected chi connectivity index (χ0v) is 11.1. The van der Waals surface area contributed by atoms with E-state index in [1.807, 2.05) is 0 Å². The highest BCUT2D eigenvalue weighted by atomic mass is 16.5. The van der Waals surface area contributed by atoms with Crippen molar-refractivity contribution in [3.63, 3.8) is 0 Å². The minimum Gasteiger partial charge on any atom is -0.384 e. The number of ether oxygens (including phenoxy) is 2. The van der Waals surface area contributed by atoms with E-state index in [4.69, 9.17) is 15.2 Å². The maximum Gasteiger partial charge on any atom is 0.158 e. The van der Waals surface area contributed by atoms with Crippen molar-refractivity contribution < 1.29 is 9.47 Å². The van der Waals surface area contributed by atoms with Gasteiger partial charge in [-0.15, -0.1) is 0 Å². The van der Waals surface area contributed by atoms with Crippen molar-refractivity contribution in [1.82, 2.24) is 9.97 Å². The van der Waals surface area contributed by atoms with Gasteiger partial charge in [0.1, 0.15) is 18.2 Å². The monoisotopic (exact) mass is 252 g/mol. The summed E-state index contributed by atoms with van der Waals surface area (Å²) in [4.78, 5) is 10.8. The van der Waals surface area contributed by atoms with Crippen LogP contribution in [0.5, 0.6) is 0 Å². The number of hydrogen-bond acceptors (Lipinski definition) is 6. The van der Waals surface area contributed by atoms with Crippen LogP contribution in [0.4, 0.5) is 11.6 Å². The second kappa shape index (κ2) is 5.07. The van der Waals surface area contributed by atoms with Gasteiger partial charge in [-0.3, -0.25) is 0 Å². The van der Waals surface area contributed by atoms with Crippen LogP contribution < -0.4 is 10.6 Å². The lowest BCUT2D eigenvalue weighted by molar-refractivity contribution is 0.0638. The minimum absolute atomic E-state index is 0.0939. The zero-order chi connectivity index (χ0) is 13.2. The first-order valence-electron chi connectivity index (χ1n) is 6.01. The van der Waals surface area contributed by atoms with E-state index in [0.29, 0.717) is 31.5 Å². The van der Waals surface area contributed by atoms with Crippen LogP contribution in [0.15, 0.2) is 6.07 Å². The lowest BCUT2D eigenvalue weighted by atomic mass is 10.0. The quantitative estimate of drug-likeness (QED) is 0.858. The number of hydrogen-bond donors (Lipinski definition) is 1. The Balaban J connectivity index is 2.31. The second-order valence-electron chi connectivity index (χ2n) is 5.02. The molecule has 0 amide bonds. The maximum atomic E-state index is 5.82. The van der Waals surface area contributed by atoms with Crippen molar-refractivity contribution in [3.05, 3.63) is 11.9 Å². The first-order chi connectivity index (χ1) is 8.53. The third-order valence-electron chi connectivity index (χ3n) is 2.97. The maximum absolute atomic E-state index is 5.82. The van der Waals surface area contributed by atoms with E-state index in [0.717, 1.165) is 12.4 Å². The predicted molar refractivity (Wildman–Crippen MR) is 69.4 cm³/mol. The first-order valence-corrected chi connectivity index (χ1v) is 6.01. The number of nitrogen functional groups attached to an aromatic ring is 1. The van der Waals surface area contributed by atoms with E-state index >= 15 is 0 Å². The molecule has 18 heavy (non-hydrogen) atoms. The summed E-state index contributed by atoms with van der Waals surface area (Å²) in [6.45, 7) is 6.79. The largest absolute Gasteiger partial charge is 0.384 e. The van der Waals surface area contributed by atoms with E-state index in [2.05, 4.69) is 28.7 Å². The number of aromatic nitrogens is 2. The molecule has 1 fully saturated rings. The number of methoxy groups -OCH3 is 1. The first kappa shape index (κ1) is 13.0. The molecule has 2 rings (SSSR count). The molecule has 0 saturated carbocycles. The van der Waals surface area contributed by atoms with Crippen LogP contribution in [-0.2, 0) is 16.1 Å². The minimum atomic E-state index is -0.0939. The molecule has 0 aliphatic carbocycles. The van der Waals surface area contributed by atoms with Gasteiger partial charge in [0.05, 0.1) is 18.8 Å². The van der Waals surface area contributed by atoms with Crippen LogP contribution >= 0.6 is 0 Å². The Morgan fingerprint density at radius 2 is 2.28 bits per heavy atom. The van der Waals surface area contributed by atoms with E-state index in [1.54, 1.807) is 13.2 Å². The summed E-state index contributed by atoms with van der Waals surface area (Å²) < 4.78 is 10.6. The molecule has 0 spiro atoms. The average molecular weight is 252 g/mol. The number of nitrogens with two attached hydrogens (primary N) is 1. The Labute approximate surface area is 107 Å². The van der Waals surface area contributed by atoms with E-state index in [-0.39, 0.29) is 5.54 Å². The summed E-state index contributed by atoms with van der Waals surface area (Å²) in [5.74, 6) is 1.91. The van der Waals surface area contributed by atoms with Crippen molar-refractivity contribution >= 4 is 11.6 Å². The Bertz CT molecular complexity index is 423. The highest BCUT2D eigenvalue weighted by molar-refractivity contribution is 5.49. The van der Waals surface area contributed by atoms with Crippen LogP contribution in [0, 0.1) is 0 Å². The molecular formula is C12H20N4O2. The molecule has 6 heteroatoms. The Morgan fingerprint density at radius 1 is 1.50 bits per heavy atom. The predicted octanol–water partition coefficient (Wildman–Crippen LogP) is 0.820. The molecule has 2 N–H and O–H groups in total. The summed E-state index contributed by atoms with van der Waals surface area (Å²) in [5.41, 5.74) is 5.73. The van der Waals surface area contributed by atoms with Crippen LogP contribution in [0.3, 0.4) is 0 Å². The number of nitrogens with zero attached hydrogens (tertiary/aromatic N) is 3. The lowest BCUT2D eigenvalue weighted by Gasteiger charge is -2.43. The molecule has 1 aromatic heterocycles. The summed E-state index contributed by atoms with van der Waals surface area (Å²) in [6.07, 6.45) is 0. The molecule has 0 aromatic carbocycles. The fourth-order valence-corrected chi connectivity index (χ4v) is 2.12. The van der Waals surface area contributed by atoms with Gasteiger partial charge in [-0.25, -0.2) is 9.97 Å². The van der Waals surface area contributed by atoms with Gasteiger partial charge in [0.2, 0.25) is 0 Å². The van der Waals surface area contributed by atoms with E-state index in [1.165, 1.54) is 0 Å². The van der Waals surface area contributed by atoms with Gasteiger partial charge in [-0.1, -0.05) is 0 Å². The van der Waals surface area contributed by atoms with Crippen molar-refractivity contribution in [2.75, 3.05) is 37.5 Å². The van der Waals surface area contributed by atoms with Crippen molar-refractivity contribution in [3.8, 4) is 0 Å². The van der Waals surface area contributed by atoms with Crippen LogP contribution in [0.2, 0.25) is 0 Å². The van der Waals surface area contributed by atoms with E-state index < -0.39 is 0 Å². The molecule has 1 aliphatic heterocycles. The zero-order valence-electron chi connectivity index (χ0n) is 11.1. The molecule has 2 heterocycles. The number of rotatable bonds is 3. The van der Waals surface area contributed by atoms with Gasteiger partial charge in [-0.05, 0) is 13.8 Å². The molecule has 1 aromatic rings. The van der Waals surface area contributed by atoms with Crippen molar-refractivity contribution in [1.29, 1.82) is 0 Å². The lowest BCUT2D eigenvalue weighted by Crippen LogP contribution is -2.53. The topological polar surface area (TPSA) is 73.5 Å². The Kier molecular flexibility index (Phi) is 3.68. The molecular weight excluding hydrogens is 232 g/mol. The van der Waals surface area contributed by atoms with Crippen LogP contribution in [-0.4, -0.2) is 42.4 Å². The van der Waals surface area contributed by atoms with Crippen LogP contribution in [0.1, 0.15) is 19.7 Å². The third kappa shape index (κ3) is 2.70. The Morgan fingerprint density at radius 3 is 2.94 bits per heavy atom. The molecule has 0 bridgehead atoms. The highest BCUT2D eigenvalue weighted by Crippen LogP contribution is 2.26. The fourth-order valence-electron chi connectivity index (χ4n) is 2.12. The summed E-state index contributed by atoms with van der Waals surface area (Å²) >= 11 is 0. The molecule has 0 atom stereocenters. The molecule has 1 saturated heterocycles. The van der Waals surface area contributed by atoms with E-state index in [9.17, 15) is 0 Å². The highest BCUT2D eigenvalue weighted by Gasteiger charge is 2.31. The second-order valence-corrected chi connectivity index (χ2v) is 5.02. The summed E-state index contributed by atoms with van der Waals surface area (Å²) in [7, 11) is 1.62. The number of morpholine rings is 1. The van der Waals surface area contributed by atoms with Gasteiger partial charge in [0, 0.05) is 19.7 Å². The van der Waals surface area contributed by atoms with Crippen LogP contribution in [0.25, 0.3) is 0 Å². The normalized spacial score (nSPS) is 18.9. The van der Waals surface area contributed by atoms with Gasteiger partial charge < -0.3 is 20.1 Å². The third-order valence-corrected chi connectivity index (χ3v) is 2.97. The molecule has 100 valence electrons. The standard InChI is InChI=1S/C12H20N4O2/c1-12(2)8-18-5-4-16(12)11-6-9(13)14-10(15-11)7-17-3/h6H,4-5,7-8H2,1-3H3,(H2,13,14,15). The molecule has 6 nitrogen and oxygen atoms in total. The van der Waals surface area contributed by atoms with Gasteiger partial charge in [0.25, 0.3) is 0 Å². The van der Waals surface area contributed by atoms with Crippen molar-refractivity contribution in [2.45, 2.75) is 26.0 Å². The summed E-state index contributed by atoms with van der Waals surface area (Å²) in [6, 6.07) is 1.80. The fraction of sp³-hybridized carbons (Fsp3) is 0.667. The molecule has 1 aliphatic rings. The summed E-state index contributed by atoms with van der Waals surface area (Å²) in [5, 5.41) is 0. The van der Waals surface area contributed by atoms with Gasteiger partial charge in [-0.2, -0.15) is 0 Å².